The highest BCUT2D eigenvalue weighted by molar-refractivity contribution is 8.32. The molecule has 0 aromatic carbocycles. The van der Waals surface area contributed by atoms with Crippen LogP contribution < -0.4 is 11.1 Å². The number of alkyl carbamates (subject to hydrolysis) is 1. The van der Waals surface area contributed by atoms with E-state index in [1.54, 1.807) is 0 Å². The summed E-state index contributed by atoms with van der Waals surface area (Å²) in [5.41, 5.74) is 5.39. The van der Waals surface area contributed by atoms with E-state index in [0.717, 1.165) is 38.0 Å². The Bertz CT molecular complexity index is 205. The van der Waals surface area contributed by atoms with Crippen molar-refractivity contribution in [2.75, 3.05) is 44.2 Å². The zero-order valence-electron chi connectivity index (χ0n) is 11.5. The van der Waals surface area contributed by atoms with E-state index >= 15 is 0 Å². The minimum atomic E-state index is -0.572. The molecular weight excluding hydrogens is 236 g/mol. The molecule has 104 valence electrons. The van der Waals surface area contributed by atoms with Crippen LogP contribution in [0.25, 0.3) is 0 Å². The van der Waals surface area contributed by atoms with Gasteiger partial charge in [0.1, 0.15) is 6.61 Å². The molecule has 0 aliphatic carbocycles. The average molecular weight is 264 g/mol. The second-order valence-electron chi connectivity index (χ2n) is 5.06. The summed E-state index contributed by atoms with van der Waals surface area (Å²) in [5.74, 6) is 0.969. The van der Waals surface area contributed by atoms with Crippen molar-refractivity contribution in [3.63, 3.8) is 0 Å². The first-order chi connectivity index (χ1) is 7.95. The molecule has 1 amide bonds. The van der Waals surface area contributed by atoms with Crippen LogP contribution in [0, 0.1) is 0 Å². The van der Waals surface area contributed by atoms with E-state index in [4.69, 9.17) is 10.5 Å². The Balaban J connectivity index is 3.29. The van der Waals surface area contributed by atoms with Crippen molar-refractivity contribution in [2.45, 2.75) is 25.7 Å². The van der Waals surface area contributed by atoms with E-state index in [0.29, 0.717) is 13.2 Å². The second-order valence-corrected chi connectivity index (χ2v) is 9.65. The summed E-state index contributed by atoms with van der Waals surface area (Å²) in [6.45, 7) is 1.98. The van der Waals surface area contributed by atoms with Gasteiger partial charge in [-0.15, -0.1) is 0 Å². The normalized spacial score (nSPS) is 12.2. The molecule has 0 atom stereocenters. The maximum atomic E-state index is 11.3. The first kappa shape index (κ1) is 16.6. The van der Waals surface area contributed by atoms with Gasteiger partial charge >= 0.3 is 6.09 Å². The Hall–Kier alpha value is -0.420. The Morgan fingerprint density at radius 3 is 2.41 bits per heavy atom. The highest BCUT2D eigenvalue weighted by atomic mass is 32.3. The molecule has 0 aliphatic rings. The van der Waals surface area contributed by atoms with Crippen LogP contribution in [0.3, 0.4) is 0 Å². The summed E-state index contributed by atoms with van der Waals surface area (Å²) in [7, 11) is -0.572. The van der Waals surface area contributed by atoms with Crippen LogP contribution in [0.1, 0.15) is 25.7 Å². The van der Waals surface area contributed by atoms with Gasteiger partial charge in [0.05, 0.1) is 0 Å². The summed E-state index contributed by atoms with van der Waals surface area (Å²) in [6, 6.07) is 0. The Morgan fingerprint density at radius 2 is 1.82 bits per heavy atom. The minimum absolute atomic E-state index is 0.285. The van der Waals surface area contributed by atoms with Crippen molar-refractivity contribution in [2.24, 2.45) is 5.73 Å². The number of amides is 1. The van der Waals surface area contributed by atoms with Gasteiger partial charge in [-0.1, -0.05) is 12.8 Å². The molecule has 4 nitrogen and oxygen atoms in total. The van der Waals surface area contributed by atoms with Crippen molar-refractivity contribution in [3.05, 3.63) is 0 Å². The van der Waals surface area contributed by atoms with Gasteiger partial charge < -0.3 is 15.8 Å². The zero-order chi connectivity index (χ0) is 13.1. The SMILES string of the molecule is CS(C)(C)CCOC(=O)NCCCCCCN. The summed E-state index contributed by atoms with van der Waals surface area (Å²) >= 11 is 0. The minimum Gasteiger partial charge on any atom is -0.449 e. The van der Waals surface area contributed by atoms with Gasteiger partial charge in [-0.25, -0.2) is 14.8 Å². The van der Waals surface area contributed by atoms with Crippen LogP contribution >= 0.6 is 10.0 Å². The van der Waals surface area contributed by atoms with Crippen LogP contribution in [0.15, 0.2) is 0 Å². The molecule has 0 heterocycles. The lowest BCUT2D eigenvalue weighted by atomic mass is 10.2. The van der Waals surface area contributed by atoms with E-state index in [1.165, 1.54) is 0 Å². The smallest absolute Gasteiger partial charge is 0.407 e. The summed E-state index contributed by atoms with van der Waals surface area (Å²) in [4.78, 5) is 11.3. The topological polar surface area (TPSA) is 64.3 Å². The molecule has 0 aromatic rings. The predicted molar refractivity (Wildman–Crippen MR) is 77.1 cm³/mol. The molecule has 0 unspecified atom stereocenters. The van der Waals surface area contributed by atoms with Gasteiger partial charge in [-0.05, 0) is 38.2 Å². The Morgan fingerprint density at radius 1 is 1.18 bits per heavy atom. The summed E-state index contributed by atoms with van der Waals surface area (Å²) in [5, 5.41) is 2.76. The zero-order valence-corrected chi connectivity index (χ0v) is 12.3. The van der Waals surface area contributed by atoms with Crippen molar-refractivity contribution in [3.8, 4) is 0 Å². The van der Waals surface area contributed by atoms with Crippen molar-refractivity contribution in [1.29, 1.82) is 0 Å². The fraction of sp³-hybridized carbons (Fsp3) is 0.917. The number of nitrogens with two attached hydrogens (primary N) is 1. The van der Waals surface area contributed by atoms with Gasteiger partial charge in [-0.3, -0.25) is 0 Å². The monoisotopic (exact) mass is 264 g/mol. The number of hydrogen-bond donors (Lipinski definition) is 2. The van der Waals surface area contributed by atoms with Crippen molar-refractivity contribution >= 4 is 16.1 Å². The molecule has 3 N–H and O–H groups in total. The molecule has 0 aromatic heterocycles. The third-order valence-corrected chi connectivity index (χ3v) is 3.72. The number of ether oxygens (including phenoxy) is 1. The highest BCUT2D eigenvalue weighted by Crippen LogP contribution is 2.33. The van der Waals surface area contributed by atoms with Gasteiger partial charge in [0.15, 0.2) is 0 Å². The fourth-order valence-corrected chi connectivity index (χ4v) is 1.83. The predicted octanol–water partition coefficient (Wildman–Crippen LogP) is 1.93. The molecule has 0 fully saturated rings. The van der Waals surface area contributed by atoms with E-state index in [-0.39, 0.29) is 6.09 Å². The molecule has 5 heteroatoms. The van der Waals surface area contributed by atoms with Crippen LogP contribution in [0.2, 0.25) is 0 Å². The maximum absolute atomic E-state index is 11.3. The number of rotatable bonds is 9. The van der Waals surface area contributed by atoms with Gasteiger partial charge in [-0.2, -0.15) is 0 Å². The van der Waals surface area contributed by atoms with Crippen LogP contribution in [0.5, 0.6) is 0 Å². The second kappa shape index (κ2) is 9.59. The maximum Gasteiger partial charge on any atom is 0.407 e. The Labute approximate surface area is 107 Å². The highest BCUT2D eigenvalue weighted by Gasteiger charge is 2.06. The van der Waals surface area contributed by atoms with E-state index in [9.17, 15) is 4.79 Å². The molecule has 0 saturated carbocycles. The quantitative estimate of drug-likeness (QED) is 0.625. The van der Waals surface area contributed by atoms with Crippen LogP contribution in [-0.4, -0.2) is 50.3 Å². The molecule has 0 aliphatic heterocycles. The molecule has 0 rings (SSSR count). The van der Waals surface area contributed by atoms with E-state index in [2.05, 4.69) is 24.1 Å². The fourth-order valence-electron chi connectivity index (χ4n) is 1.25. The summed E-state index contributed by atoms with van der Waals surface area (Å²) < 4.78 is 5.10. The van der Waals surface area contributed by atoms with Crippen molar-refractivity contribution < 1.29 is 9.53 Å². The lowest BCUT2D eigenvalue weighted by molar-refractivity contribution is 0.153. The van der Waals surface area contributed by atoms with Gasteiger partial charge in [0, 0.05) is 12.3 Å². The number of hydrogen-bond acceptors (Lipinski definition) is 3. The third kappa shape index (κ3) is 13.5. The lowest BCUT2D eigenvalue weighted by Gasteiger charge is -2.24. The van der Waals surface area contributed by atoms with Gasteiger partial charge in [0.25, 0.3) is 0 Å². The third-order valence-electron chi connectivity index (χ3n) is 2.33. The number of unbranched alkanes of at least 4 members (excludes halogenated alkanes) is 3. The number of carbonyl (C=O) groups is 1. The van der Waals surface area contributed by atoms with Crippen molar-refractivity contribution in [1.82, 2.24) is 5.32 Å². The number of nitrogens with one attached hydrogen (secondary N) is 1. The summed E-state index contributed by atoms with van der Waals surface area (Å²) in [6.07, 6.45) is 10.7. The first-order valence-electron chi connectivity index (χ1n) is 6.22. The van der Waals surface area contributed by atoms with Gasteiger partial charge in [0.2, 0.25) is 0 Å². The standard InChI is InChI=1S/C12H28N2O2S/c1-17(2,3)11-10-16-12(15)14-9-7-5-4-6-8-13/h4-11,13H2,1-3H3,(H,14,15). The molecule has 0 bridgehead atoms. The molecule has 17 heavy (non-hydrogen) atoms. The Kier molecular flexibility index (Phi) is 9.36. The van der Waals surface area contributed by atoms with Crippen LogP contribution in [-0.2, 0) is 4.74 Å². The lowest BCUT2D eigenvalue weighted by Crippen LogP contribution is -2.26. The van der Waals surface area contributed by atoms with E-state index in [1.807, 2.05) is 0 Å². The first-order valence-corrected chi connectivity index (χ1v) is 9.25. The molecule has 0 saturated heterocycles. The largest absolute Gasteiger partial charge is 0.449 e. The van der Waals surface area contributed by atoms with Crippen LogP contribution in [0.4, 0.5) is 4.79 Å². The molecule has 0 radical (unpaired) electrons. The molecular formula is C12H28N2O2S. The van der Waals surface area contributed by atoms with E-state index < -0.39 is 10.0 Å². The number of carbonyl (C=O) groups excluding carboxylic acids is 1. The average Bonchev–Trinajstić information content (AvgIpc) is 2.21. The molecule has 0 spiro atoms.